The van der Waals surface area contributed by atoms with Gasteiger partial charge in [0.25, 0.3) is 0 Å². The van der Waals surface area contributed by atoms with Crippen LogP contribution in [0.15, 0.2) is 24.3 Å². The van der Waals surface area contributed by atoms with E-state index in [1.807, 2.05) is 0 Å². The second-order valence-corrected chi connectivity index (χ2v) is 3.87. The van der Waals surface area contributed by atoms with E-state index in [2.05, 4.69) is 10.1 Å². The van der Waals surface area contributed by atoms with Crippen molar-refractivity contribution in [2.75, 3.05) is 25.5 Å². The van der Waals surface area contributed by atoms with Gasteiger partial charge in [0.2, 0.25) is 0 Å². The van der Waals surface area contributed by atoms with Crippen LogP contribution in [0.25, 0.3) is 0 Å². The summed E-state index contributed by atoms with van der Waals surface area (Å²) in [6, 6.07) is 5.47. The zero-order chi connectivity index (χ0) is 15.1. The van der Waals surface area contributed by atoms with Gasteiger partial charge >= 0.3 is 18.0 Å². The van der Waals surface area contributed by atoms with E-state index < -0.39 is 18.0 Å². The Morgan fingerprint density at radius 2 is 1.95 bits per heavy atom. The second-order valence-electron chi connectivity index (χ2n) is 3.87. The van der Waals surface area contributed by atoms with Gasteiger partial charge in [-0.1, -0.05) is 12.1 Å². The van der Waals surface area contributed by atoms with Crippen LogP contribution < -0.4 is 5.32 Å². The SMILES string of the molecule is CCN(CC(=O)OC)C(=O)Nc1ccccc1C(=O)O. The van der Waals surface area contributed by atoms with Crippen LogP contribution in [0, 0.1) is 0 Å². The summed E-state index contributed by atoms with van der Waals surface area (Å²) in [5.74, 6) is -1.69. The number of likely N-dealkylation sites (N-methyl/N-ethyl adjacent to an activating group) is 1. The molecule has 0 saturated carbocycles. The molecule has 2 N–H and O–H groups in total. The molecule has 0 aromatic heterocycles. The quantitative estimate of drug-likeness (QED) is 0.795. The minimum Gasteiger partial charge on any atom is -0.478 e. The van der Waals surface area contributed by atoms with Crippen molar-refractivity contribution in [2.45, 2.75) is 6.92 Å². The number of amides is 2. The lowest BCUT2D eigenvalue weighted by molar-refractivity contribution is -0.141. The summed E-state index contributed by atoms with van der Waals surface area (Å²) in [5, 5.41) is 11.5. The Kier molecular flexibility index (Phi) is 5.52. The fraction of sp³-hybridized carbons (Fsp3) is 0.308. The van der Waals surface area contributed by atoms with Crippen LogP contribution >= 0.6 is 0 Å². The topological polar surface area (TPSA) is 95.9 Å². The maximum atomic E-state index is 12.0. The number of esters is 1. The highest BCUT2D eigenvalue weighted by Gasteiger charge is 2.18. The number of carboxylic acid groups (broad SMARTS) is 1. The number of carbonyl (C=O) groups excluding carboxylic acids is 2. The average molecular weight is 280 g/mol. The molecule has 108 valence electrons. The number of hydrogen-bond donors (Lipinski definition) is 2. The maximum absolute atomic E-state index is 12.0. The van der Waals surface area contributed by atoms with Gasteiger partial charge in [-0.05, 0) is 19.1 Å². The third kappa shape index (κ3) is 3.98. The van der Waals surface area contributed by atoms with E-state index in [4.69, 9.17) is 5.11 Å². The number of ether oxygens (including phenoxy) is 1. The fourth-order valence-corrected chi connectivity index (χ4v) is 1.52. The molecule has 0 saturated heterocycles. The Morgan fingerprint density at radius 1 is 1.30 bits per heavy atom. The van der Waals surface area contributed by atoms with Crippen molar-refractivity contribution in [1.29, 1.82) is 0 Å². The minimum absolute atomic E-state index is 0.0185. The Labute approximate surface area is 116 Å². The lowest BCUT2D eigenvalue weighted by Crippen LogP contribution is -2.39. The number of nitrogens with zero attached hydrogens (tertiary/aromatic N) is 1. The van der Waals surface area contributed by atoms with E-state index in [0.717, 1.165) is 0 Å². The van der Waals surface area contributed by atoms with Crippen LogP contribution in [-0.2, 0) is 9.53 Å². The summed E-state index contributed by atoms with van der Waals surface area (Å²) in [7, 11) is 1.23. The molecule has 0 aliphatic carbocycles. The smallest absolute Gasteiger partial charge is 0.337 e. The van der Waals surface area contributed by atoms with Crippen LogP contribution in [0.5, 0.6) is 0 Å². The van der Waals surface area contributed by atoms with Gasteiger partial charge in [0, 0.05) is 6.54 Å². The monoisotopic (exact) mass is 280 g/mol. The molecule has 1 aromatic carbocycles. The molecule has 7 heteroatoms. The lowest BCUT2D eigenvalue weighted by atomic mass is 10.2. The fourth-order valence-electron chi connectivity index (χ4n) is 1.52. The summed E-state index contributed by atoms with van der Waals surface area (Å²) in [6.07, 6.45) is 0. The Bertz CT molecular complexity index is 515. The number of nitrogens with one attached hydrogen (secondary N) is 1. The predicted octanol–water partition coefficient (Wildman–Crippen LogP) is 1.41. The number of hydrogen-bond acceptors (Lipinski definition) is 4. The summed E-state index contributed by atoms with van der Waals surface area (Å²) in [4.78, 5) is 35.4. The zero-order valence-electron chi connectivity index (χ0n) is 11.3. The highest BCUT2D eigenvalue weighted by molar-refractivity contribution is 6.00. The third-order valence-corrected chi connectivity index (χ3v) is 2.62. The summed E-state index contributed by atoms with van der Waals surface area (Å²) >= 11 is 0. The van der Waals surface area contributed by atoms with Crippen molar-refractivity contribution in [3.63, 3.8) is 0 Å². The van der Waals surface area contributed by atoms with E-state index in [-0.39, 0.29) is 24.3 Å². The average Bonchev–Trinajstić information content (AvgIpc) is 2.44. The molecule has 0 spiro atoms. The van der Waals surface area contributed by atoms with Gasteiger partial charge in [0.05, 0.1) is 18.4 Å². The molecule has 1 aromatic rings. The van der Waals surface area contributed by atoms with Gasteiger partial charge in [-0.3, -0.25) is 4.79 Å². The second kappa shape index (κ2) is 7.13. The Morgan fingerprint density at radius 3 is 2.50 bits per heavy atom. The number of urea groups is 1. The highest BCUT2D eigenvalue weighted by atomic mass is 16.5. The number of methoxy groups -OCH3 is 1. The number of para-hydroxylation sites is 1. The summed E-state index contributed by atoms with van der Waals surface area (Å²) in [5.41, 5.74) is 0.156. The number of anilines is 1. The van der Waals surface area contributed by atoms with Gasteiger partial charge < -0.3 is 20.1 Å². The van der Waals surface area contributed by atoms with Crippen molar-refractivity contribution < 1.29 is 24.2 Å². The first-order valence-corrected chi connectivity index (χ1v) is 5.94. The first kappa shape index (κ1) is 15.5. The number of rotatable bonds is 5. The summed E-state index contributed by atoms with van der Waals surface area (Å²) < 4.78 is 4.49. The van der Waals surface area contributed by atoms with Crippen molar-refractivity contribution in [2.24, 2.45) is 0 Å². The van der Waals surface area contributed by atoms with E-state index in [1.54, 1.807) is 19.1 Å². The molecule has 2 amide bonds. The van der Waals surface area contributed by atoms with Crippen molar-refractivity contribution in [3.8, 4) is 0 Å². The Hall–Kier alpha value is -2.57. The molecule has 0 radical (unpaired) electrons. The van der Waals surface area contributed by atoms with Gasteiger partial charge in [-0.2, -0.15) is 0 Å². The van der Waals surface area contributed by atoms with Gasteiger partial charge in [-0.25, -0.2) is 9.59 Å². The first-order chi connectivity index (χ1) is 9.49. The molecule has 0 aliphatic rings. The number of carbonyl (C=O) groups is 3. The van der Waals surface area contributed by atoms with Crippen LogP contribution in [0.2, 0.25) is 0 Å². The zero-order valence-corrected chi connectivity index (χ0v) is 11.3. The molecular formula is C13H16N2O5. The third-order valence-electron chi connectivity index (χ3n) is 2.62. The largest absolute Gasteiger partial charge is 0.478 e. The van der Waals surface area contributed by atoms with E-state index in [0.29, 0.717) is 0 Å². The van der Waals surface area contributed by atoms with E-state index in [9.17, 15) is 14.4 Å². The van der Waals surface area contributed by atoms with Crippen LogP contribution in [0.4, 0.5) is 10.5 Å². The van der Waals surface area contributed by atoms with Gasteiger partial charge in [0.15, 0.2) is 0 Å². The maximum Gasteiger partial charge on any atom is 0.337 e. The van der Waals surface area contributed by atoms with Gasteiger partial charge in [0.1, 0.15) is 6.54 Å². The van der Waals surface area contributed by atoms with Crippen molar-refractivity contribution in [1.82, 2.24) is 4.90 Å². The minimum atomic E-state index is -1.14. The number of carboxylic acids is 1. The van der Waals surface area contributed by atoms with E-state index in [1.165, 1.54) is 24.1 Å². The lowest BCUT2D eigenvalue weighted by Gasteiger charge is -2.20. The molecular weight excluding hydrogens is 264 g/mol. The standard InChI is InChI=1S/C13H16N2O5/c1-3-15(8-11(16)20-2)13(19)14-10-7-5-4-6-9(10)12(17)18/h4-7H,3,8H2,1-2H3,(H,14,19)(H,17,18). The molecule has 0 aliphatic heterocycles. The predicted molar refractivity (Wildman–Crippen MR) is 71.7 cm³/mol. The number of aromatic carboxylic acids is 1. The molecule has 0 heterocycles. The van der Waals surface area contributed by atoms with Crippen molar-refractivity contribution >= 4 is 23.7 Å². The summed E-state index contributed by atoms with van der Waals surface area (Å²) in [6.45, 7) is 1.79. The van der Waals surface area contributed by atoms with Crippen LogP contribution in [0.1, 0.15) is 17.3 Å². The van der Waals surface area contributed by atoms with Gasteiger partial charge in [-0.15, -0.1) is 0 Å². The van der Waals surface area contributed by atoms with Crippen LogP contribution in [0.3, 0.4) is 0 Å². The highest BCUT2D eigenvalue weighted by Crippen LogP contribution is 2.15. The van der Waals surface area contributed by atoms with Crippen LogP contribution in [-0.4, -0.2) is 48.2 Å². The first-order valence-electron chi connectivity index (χ1n) is 5.94. The molecule has 1 rings (SSSR count). The molecule has 0 unspecified atom stereocenters. The van der Waals surface area contributed by atoms with E-state index >= 15 is 0 Å². The molecule has 0 fully saturated rings. The Balaban J connectivity index is 2.84. The number of benzene rings is 1. The molecule has 0 bridgehead atoms. The van der Waals surface area contributed by atoms with Crippen molar-refractivity contribution in [3.05, 3.63) is 29.8 Å². The molecule has 0 atom stereocenters. The normalized spacial score (nSPS) is 9.70. The molecule has 20 heavy (non-hydrogen) atoms. The molecule has 7 nitrogen and oxygen atoms in total.